The van der Waals surface area contributed by atoms with Crippen LogP contribution in [0, 0.1) is 5.41 Å². The van der Waals surface area contributed by atoms with Crippen molar-refractivity contribution < 1.29 is 4.79 Å². The van der Waals surface area contributed by atoms with E-state index in [0.717, 1.165) is 16.9 Å². The molecule has 0 saturated heterocycles. The van der Waals surface area contributed by atoms with E-state index in [1.807, 2.05) is 36.0 Å². The highest BCUT2D eigenvalue weighted by Crippen LogP contribution is 2.20. The fraction of sp³-hybridized carbons (Fsp3) is 0.400. The summed E-state index contributed by atoms with van der Waals surface area (Å²) in [4.78, 5) is 16.2. The second-order valence-electron chi connectivity index (χ2n) is 4.11. The molecule has 2 rings (SSSR count). The van der Waals surface area contributed by atoms with Gasteiger partial charge in [0.1, 0.15) is 6.29 Å². The first-order valence-electron chi connectivity index (χ1n) is 4.48. The number of imidazole rings is 1. The predicted octanol–water partition coefficient (Wildman–Crippen LogP) is 2.16. The molecular weight excluding hydrogens is 196 g/mol. The molecule has 0 unspecified atom stereocenters. The molecule has 0 aromatic carbocycles. The fourth-order valence-corrected chi connectivity index (χ4v) is 2.09. The summed E-state index contributed by atoms with van der Waals surface area (Å²) in [5.74, 6) is 0. The molecule has 0 atom stereocenters. The van der Waals surface area contributed by atoms with Gasteiger partial charge in [0, 0.05) is 29.6 Å². The van der Waals surface area contributed by atoms with Gasteiger partial charge in [0.05, 0.1) is 5.69 Å². The molecule has 0 spiro atoms. The van der Waals surface area contributed by atoms with Gasteiger partial charge in [-0.15, -0.1) is 11.3 Å². The van der Waals surface area contributed by atoms with Gasteiger partial charge in [-0.2, -0.15) is 0 Å². The maximum atomic E-state index is 10.8. The minimum Gasteiger partial charge on any atom is -0.303 e. The molecule has 74 valence electrons. The SMILES string of the molecule is CC(C)(C=O)Cc1cn2ccsc2n1. The summed E-state index contributed by atoms with van der Waals surface area (Å²) < 4.78 is 1.99. The van der Waals surface area contributed by atoms with Crippen molar-refractivity contribution in [3.63, 3.8) is 0 Å². The first kappa shape index (κ1) is 9.40. The zero-order chi connectivity index (χ0) is 10.2. The van der Waals surface area contributed by atoms with Crippen molar-refractivity contribution >= 4 is 22.6 Å². The van der Waals surface area contributed by atoms with Crippen molar-refractivity contribution in [2.75, 3.05) is 0 Å². The molecule has 0 aliphatic heterocycles. The van der Waals surface area contributed by atoms with Crippen LogP contribution in [0.5, 0.6) is 0 Å². The van der Waals surface area contributed by atoms with Crippen LogP contribution >= 0.6 is 11.3 Å². The van der Waals surface area contributed by atoms with Crippen LogP contribution in [0.2, 0.25) is 0 Å². The smallest absolute Gasteiger partial charge is 0.193 e. The van der Waals surface area contributed by atoms with E-state index in [9.17, 15) is 4.79 Å². The number of thiazole rings is 1. The summed E-state index contributed by atoms with van der Waals surface area (Å²) in [6, 6.07) is 0. The van der Waals surface area contributed by atoms with Crippen LogP contribution in [0.25, 0.3) is 4.96 Å². The normalized spacial score (nSPS) is 12.1. The van der Waals surface area contributed by atoms with E-state index in [-0.39, 0.29) is 5.41 Å². The topological polar surface area (TPSA) is 34.4 Å². The highest BCUT2D eigenvalue weighted by molar-refractivity contribution is 7.15. The quantitative estimate of drug-likeness (QED) is 0.724. The molecule has 2 heterocycles. The molecule has 0 amide bonds. The molecule has 0 fully saturated rings. The maximum Gasteiger partial charge on any atom is 0.193 e. The number of aromatic nitrogens is 2. The van der Waals surface area contributed by atoms with E-state index in [1.165, 1.54) is 0 Å². The molecule has 2 aromatic rings. The van der Waals surface area contributed by atoms with Crippen LogP contribution in [0.1, 0.15) is 19.5 Å². The zero-order valence-corrected chi connectivity index (χ0v) is 9.04. The predicted molar refractivity (Wildman–Crippen MR) is 56.6 cm³/mol. The lowest BCUT2D eigenvalue weighted by atomic mass is 9.90. The number of fused-ring (bicyclic) bond motifs is 1. The summed E-state index contributed by atoms with van der Waals surface area (Å²) in [5.41, 5.74) is 0.665. The van der Waals surface area contributed by atoms with Crippen LogP contribution in [-0.2, 0) is 11.2 Å². The molecule has 3 nitrogen and oxygen atoms in total. The Bertz CT molecular complexity index is 427. The Morgan fingerprint density at radius 2 is 2.43 bits per heavy atom. The van der Waals surface area contributed by atoms with Crippen LogP contribution in [-0.4, -0.2) is 15.7 Å². The van der Waals surface area contributed by atoms with Crippen LogP contribution in [0.4, 0.5) is 0 Å². The summed E-state index contributed by atoms with van der Waals surface area (Å²) in [6.45, 7) is 3.85. The highest BCUT2D eigenvalue weighted by atomic mass is 32.1. The van der Waals surface area contributed by atoms with Gasteiger partial charge < -0.3 is 4.79 Å². The van der Waals surface area contributed by atoms with Gasteiger partial charge in [-0.05, 0) is 0 Å². The number of hydrogen-bond acceptors (Lipinski definition) is 3. The van der Waals surface area contributed by atoms with E-state index >= 15 is 0 Å². The largest absolute Gasteiger partial charge is 0.303 e. The zero-order valence-electron chi connectivity index (χ0n) is 8.23. The number of carbonyl (C=O) groups is 1. The average molecular weight is 208 g/mol. The molecule has 0 N–H and O–H groups in total. The van der Waals surface area contributed by atoms with E-state index in [4.69, 9.17) is 0 Å². The van der Waals surface area contributed by atoms with Gasteiger partial charge in [-0.25, -0.2) is 4.98 Å². The highest BCUT2D eigenvalue weighted by Gasteiger charge is 2.19. The number of rotatable bonds is 3. The van der Waals surface area contributed by atoms with E-state index < -0.39 is 0 Å². The number of carbonyl (C=O) groups excluding carboxylic acids is 1. The molecule has 4 heteroatoms. The molecule has 0 aliphatic rings. The van der Waals surface area contributed by atoms with Gasteiger partial charge in [0.15, 0.2) is 4.96 Å². The molecule has 2 aromatic heterocycles. The van der Waals surface area contributed by atoms with Crippen LogP contribution < -0.4 is 0 Å². The summed E-state index contributed by atoms with van der Waals surface area (Å²) >= 11 is 1.61. The third kappa shape index (κ3) is 1.70. The monoisotopic (exact) mass is 208 g/mol. The maximum absolute atomic E-state index is 10.8. The van der Waals surface area contributed by atoms with E-state index in [0.29, 0.717) is 6.42 Å². The lowest BCUT2D eigenvalue weighted by Crippen LogP contribution is -2.16. The third-order valence-corrected chi connectivity index (χ3v) is 2.87. The second-order valence-corrected chi connectivity index (χ2v) is 4.98. The Labute approximate surface area is 86.4 Å². The Morgan fingerprint density at radius 3 is 3.07 bits per heavy atom. The minimum atomic E-state index is -0.315. The number of aldehydes is 1. The lowest BCUT2D eigenvalue weighted by molar-refractivity contribution is -0.114. The first-order chi connectivity index (χ1) is 6.61. The molecule has 0 radical (unpaired) electrons. The molecule has 0 aliphatic carbocycles. The van der Waals surface area contributed by atoms with E-state index in [2.05, 4.69) is 4.98 Å². The fourth-order valence-electron chi connectivity index (χ4n) is 1.37. The Hall–Kier alpha value is -1.16. The van der Waals surface area contributed by atoms with Crippen molar-refractivity contribution in [3.8, 4) is 0 Å². The van der Waals surface area contributed by atoms with Crippen molar-refractivity contribution in [3.05, 3.63) is 23.5 Å². The number of hydrogen-bond donors (Lipinski definition) is 0. The first-order valence-corrected chi connectivity index (χ1v) is 5.36. The van der Waals surface area contributed by atoms with Gasteiger partial charge in [-0.1, -0.05) is 13.8 Å². The van der Waals surface area contributed by atoms with Crippen molar-refractivity contribution in [2.45, 2.75) is 20.3 Å². The Kier molecular flexibility index (Phi) is 2.15. The van der Waals surface area contributed by atoms with Crippen LogP contribution in [0.15, 0.2) is 17.8 Å². The molecule has 14 heavy (non-hydrogen) atoms. The van der Waals surface area contributed by atoms with Gasteiger partial charge in [0.25, 0.3) is 0 Å². The van der Waals surface area contributed by atoms with Crippen molar-refractivity contribution in [1.29, 1.82) is 0 Å². The van der Waals surface area contributed by atoms with Crippen molar-refractivity contribution in [2.24, 2.45) is 5.41 Å². The minimum absolute atomic E-state index is 0.315. The van der Waals surface area contributed by atoms with Gasteiger partial charge in [-0.3, -0.25) is 4.40 Å². The van der Waals surface area contributed by atoms with Gasteiger partial charge in [0.2, 0.25) is 0 Å². The molecule has 0 bridgehead atoms. The number of nitrogens with zero attached hydrogens (tertiary/aromatic N) is 2. The van der Waals surface area contributed by atoms with Crippen molar-refractivity contribution in [1.82, 2.24) is 9.38 Å². The molecule has 0 saturated carbocycles. The van der Waals surface area contributed by atoms with Gasteiger partial charge >= 0.3 is 0 Å². The molecular formula is C10H12N2OS. The summed E-state index contributed by atoms with van der Waals surface area (Å²) in [6.07, 6.45) is 5.65. The summed E-state index contributed by atoms with van der Waals surface area (Å²) in [5, 5.41) is 2.00. The van der Waals surface area contributed by atoms with Crippen LogP contribution in [0.3, 0.4) is 0 Å². The van der Waals surface area contributed by atoms with E-state index in [1.54, 1.807) is 11.3 Å². The average Bonchev–Trinajstić information content (AvgIpc) is 2.63. The second kappa shape index (κ2) is 3.20. The third-order valence-electron chi connectivity index (χ3n) is 2.10. The lowest BCUT2D eigenvalue weighted by Gasteiger charge is -2.13. The Balaban J connectivity index is 2.27. The standard InChI is InChI=1S/C10H12N2OS/c1-10(2,7-13)5-8-6-12-3-4-14-9(12)11-8/h3-4,6-7H,5H2,1-2H3. The summed E-state index contributed by atoms with van der Waals surface area (Å²) in [7, 11) is 0. The Morgan fingerprint density at radius 1 is 1.64 bits per heavy atom.